The Morgan fingerprint density at radius 1 is 1.17 bits per heavy atom. The SMILES string of the molecule is CC1(c2ccccc2)CC(=O)N(Cc2ncnn2C(C)(C)C)C1=O. The summed E-state index contributed by atoms with van der Waals surface area (Å²) >= 11 is 0. The van der Waals surface area contributed by atoms with Crippen molar-refractivity contribution in [2.45, 2.75) is 51.6 Å². The van der Waals surface area contributed by atoms with Crippen molar-refractivity contribution in [1.82, 2.24) is 19.7 Å². The molecule has 24 heavy (non-hydrogen) atoms. The fourth-order valence-corrected chi connectivity index (χ4v) is 3.15. The maximum atomic E-state index is 13.0. The van der Waals surface area contributed by atoms with Crippen molar-refractivity contribution < 1.29 is 9.59 Å². The number of rotatable bonds is 3. The van der Waals surface area contributed by atoms with Gasteiger partial charge >= 0.3 is 0 Å². The van der Waals surface area contributed by atoms with Crippen molar-refractivity contribution in [3.8, 4) is 0 Å². The first-order valence-electron chi connectivity index (χ1n) is 8.03. The van der Waals surface area contributed by atoms with E-state index in [9.17, 15) is 9.59 Å². The molecule has 0 spiro atoms. The molecule has 2 heterocycles. The smallest absolute Gasteiger partial charge is 0.240 e. The van der Waals surface area contributed by atoms with E-state index in [4.69, 9.17) is 0 Å². The number of carbonyl (C=O) groups excluding carboxylic acids is 2. The van der Waals surface area contributed by atoms with Gasteiger partial charge in [0.25, 0.3) is 0 Å². The molecule has 1 unspecified atom stereocenters. The van der Waals surface area contributed by atoms with E-state index in [-0.39, 0.29) is 30.3 Å². The van der Waals surface area contributed by atoms with Crippen LogP contribution in [0.15, 0.2) is 36.7 Å². The summed E-state index contributed by atoms with van der Waals surface area (Å²) in [7, 11) is 0. The van der Waals surface area contributed by atoms with E-state index >= 15 is 0 Å². The molecule has 1 aliphatic heterocycles. The zero-order valence-corrected chi connectivity index (χ0v) is 14.5. The first-order chi connectivity index (χ1) is 11.2. The van der Waals surface area contributed by atoms with Gasteiger partial charge in [-0.3, -0.25) is 14.5 Å². The van der Waals surface area contributed by atoms with Crippen LogP contribution in [0, 0.1) is 0 Å². The summed E-state index contributed by atoms with van der Waals surface area (Å²) in [5.41, 5.74) is -0.214. The minimum atomic E-state index is -0.815. The summed E-state index contributed by atoms with van der Waals surface area (Å²) in [4.78, 5) is 31.0. The van der Waals surface area contributed by atoms with Gasteiger partial charge in [-0.05, 0) is 33.3 Å². The van der Waals surface area contributed by atoms with Crippen molar-refractivity contribution in [2.75, 3.05) is 0 Å². The maximum absolute atomic E-state index is 13.0. The predicted molar refractivity (Wildman–Crippen MR) is 89.0 cm³/mol. The first-order valence-corrected chi connectivity index (χ1v) is 8.03. The molecule has 1 aromatic heterocycles. The molecule has 0 radical (unpaired) electrons. The third-order valence-electron chi connectivity index (χ3n) is 4.49. The van der Waals surface area contributed by atoms with Crippen LogP contribution in [0.2, 0.25) is 0 Å². The number of imide groups is 1. The molecular weight excluding hydrogens is 304 g/mol. The predicted octanol–water partition coefficient (Wildman–Crippen LogP) is 2.25. The maximum Gasteiger partial charge on any atom is 0.240 e. The van der Waals surface area contributed by atoms with Gasteiger partial charge in [0.2, 0.25) is 11.8 Å². The summed E-state index contributed by atoms with van der Waals surface area (Å²) in [6, 6.07) is 9.46. The van der Waals surface area contributed by atoms with Gasteiger partial charge in [0, 0.05) is 6.42 Å². The molecule has 6 heteroatoms. The summed E-state index contributed by atoms with van der Waals surface area (Å²) in [5, 5.41) is 4.23. The van der Waals surface area contributed by atoms with Gasteiger partial charge in [0.15, 0.2) is 0 Å². The van der Waals surface area contributed by atoms with Crippen LogP contribution >= 0.6 is 0 Å². The molecule has 1 saturated heterocycles. The molecule has 126 valence electrons. The Hall–Kier alpha value is -2.50. The Morgan fingerprint density at radius 2 is 1.83 bits per heavy atom. The van der Waals surface area contributed by atoms with Crippen molar-refractivity contribution in [3.63, 3.8) is 0 Å². The van der Waals surface area contributed by atoms with Crippen LogP contribution in [0.25, 0.3) is 0 Å². The molecule has 2 aromatic rings. The summed E-state index contributed by atoms with van der Waals surface area (Å²) in [5.74, 6) is 0.262. The van der Waals surface area contributed by atoms with E-state index in [1.165, 1.54) is 11.2 Å². The van der Waals surface area contributed by atoms with Crippen LogP contribution in [0.4, 0.5) is 0 Å². The monoisotopic (exact) mass is 326 g/mol. The molecule has 1 aromatic carbocycles. The Kier molecular flexibility index (Phi) is 3.78. The molecule has 3 rings (SSSR count). The Bertz CT molecular complexity index is 776. The van der Waals surface area contributed by atoms with E-state index in [1.54, 1.807) is 4.68 Å². The quantitative estimate of drug-likeness (QED) is 0.811. The van der Waals surface area contributed by atoms with Crippen LogP contribution < -0.4 is 0 Å². The van der Waals surface area contributed by atoms with E-state index in [1.807, 2.05) is 58.0 Å². The highest BCUT2D eigenvalue weighted by Gasteiger charge is 2.49. The number of amides is 2. The Labute approximate surface area is 141 Å². The van der Waals surface area contributed by atoms with Gasteiger partial charge in [-0.2, -0.15) is 5.10 Å². The fraction of sp³-hybridized carbons (Fsp3) is 0.444. The number of benzene rings is 1. The average Bonchev–Trinajstić information content (AvgIpc) is 3.08. The molecule has 1 aliphatic rings. The summed E-state index contributed by atoms with van der Waals surface area (Å²) in [6.45, 7) is 8.00. The minimum Gasteiger partial charge on any atom is -0.274 e. The molecule has 0 N–H and O–H groups in total. The van der Waals surface area contributed by atoms with E-state index < -0.39 is 5.41 Å². The molecule has 0 aliphatic carbocycles. The lowest BCUT2D eigenvalue weighted by Crippen LogP contribution is -2.38. The minimum absolute atomic E-state index is 0.150. The lowest BCUT2D eigenvalue weighted by Gasteiger charge is -2.25. The molecule has 0 saturated carbocycles. The third-order valence-corrected chi connectivity index (χ3v) is 4.49. The van der Waals surface area contributed by atoms with Crippen molar-refractivity contribution in [1.29, 1.82) is 0 Å². The normalized spacial score (nSPS) is 21.6. The molecule has 6 nitrogen and oxygen atoms in total. The van der Waals surface area contributed by atoms with Crippen molar-refractivity contribution >= 4 is 11.8 Å². The highest BCUT2D eigenvalue weighted by molar-refractivity contribution is 6.08. The number of hydrogen-bond acceptors (Lipinski definition) is 4. The van der Waals surface area contributed by atoms with Crippen LogP contribution in [-0.4, -0.2) is 31.5 Å². The molecule has 1 atom stereocenters. The van der Waals surface area contributed by atoms with Crippen LogP contribution in [0.5, 0.6) is 0 Å². The highest BCUT2D eigenvalue weighted by atomic mass is 16.2. The lowest BCUT2D eigenvalue weighted by molar-refractivity contribution is -0.140. The largest absolute Gasteiger partial charge is 0.274 e. The third kappa shape index (κ3) is 2.62. The second-order valence-corrected chi connectivity index (χ2v) is 7.42. The second kappa shape index (κ2) is 5.54. The van der Waals surface area contributed by atoms with Crippen molar-refractivity contribution in [3.05, 3.63) is 48.0 Å². The van der Waals surface area contributed by atoms with Gasteiger partial charge < -0.3 is 0 Å². The zero-order chi connectivity index (χ0) is 17.5. The summed E-state index contributed by atoms with van der Waals surface area (Å²) < 4.78 is 1.76. The lowest BCUT2D eigenvalue weighted by atomic mass is 9.81. The van der Waals surface area contributed by atoms with Gasteiger partial charge in [0.05, 0.1) is 17.5 Å². The second-order valence-electron chi connectivity index (χ2n) is 7.42. The van der Waals surface area contributed by atoms with E-state index in [0.717, 1.165) is 5.56 Å². The number of hydrogen-bond donors (Lipinski definition) is 0. The van der Waals surface area contributed by atoms with Crippen LogP contribution in [0.1, 0.15) is 45.5 Å². The molecule has 2 amide bonds. The molecule has 1 fully saturated rings. The standard InChI is InChI=1S/C18H22N4O2/c1-17(2,3)22-14(19-12-20-22)11-21-15(23)10-18(4,16(21)24)13-8-6-5-7-9-13/h5-9,12H,10-11H2,1-4H3. The number of carbonyl (C=O) groups is 2. The average molecular weight is 326 g/mol. The molecule has 0 bridgehead atoms. The number of aromatic nitrogens is 3. The number of nitrogens with zero attached hydrogens (tertiary/aromatic N) is 4. The van der Waals surface area contributed by atoms with E-state index in [0.29, 0.717) is 5.82 Å². The van der Waals surface area contributed by atoms with Crippen LogP contribution in [0.3, 0.4) is 0 Å². The van der Waals surface area contributed by atoms with Gasteiger partial charge in [-0.15, -0.1) is 0 Å². The van der Waals surface area contributed by atoms with Gasteiger partial charge in [-0.25, -0.2) is 9.67 Å². The van der Waals surface area contributed by atoms with Gasteiger partial charge in [0.1, 0.15) is 12.2 Å². The fourth-order valence-electron chi connectivity index (χ4n) is 3.15. The zero-order valence-electron chi connectivity index (χ0n) is 14.5. The number of likely N-dealkylation sites (tertiary alicyclic amines) is 1. The highest BCUT2D eigenvalue weighted by Crippen LogP contribution is 2.36. The van der Waals surface area contributed by atoms with Crippen molar-refractivity contribution in [2.24, 2.45) is 0 Å². The topological polar surface area (TPSA) is 68.1 Å². The summed E-state index contributed by atoms with van der Waals surface area (Å²) in [6.07, 6.45) is 1.64. The molecular formula is C18H22N4O2. The Morgan fingerprint density at radius 3 is 2.46 bits per heavy atom. The van der Waals surface area contributed by atoms with Crippen LogP contribution in [-0.2, 0) is 27.1 Å². The Balaban J connectivity index is 1.90. The first kappa shape index (κ1) is 16.4. The van der Waals surface area contributed by atoms with E-state index in [2.05, 4.69) is 10.1 Å². The van der Waals surface area contributed by atoms with Gasteiger partial charge in [-0.1, -0.05) is 30.3 Å².